The van der Waals surface area contributed by atoms with Gasteiger partial charge in [-0.15, -0.1) is 0 Å². The summed E-state index contributed by atoms with van der Waals surface area (Å²) in [5, 5.41) is 6.96. The maximum atomic E-state index is 12.6. The normalized spacial score (nSPS) is 16.7. The quantitative estimate of drug-likeness (QED) is 0.664. The van der Waals surface area contributed by atoms with E-state index >= 15 is 0 Å². The van der Waals surface area contributed by atoms with Gasteiger partial charge in [-0.1, -0.05) is 47.6 Å². The number of carbonyl (C=O) groups is 1. The van der Waals surface area contributed by atoms with Crippen LogP contribution in [-0.4, -0.2) is 42.2 Å². The number of hydrogen-bond donors (Lipinski definition) is 1. The molecule has 2 aromatic carbocycles. The summed E-state index contributed by atoms with van der Waals surface area (Å²) in [7, 11) is 1.60. The summed E-state index contributed by atoms with van der Waals surface area (Å²) in [4.78, 5) is 15.0. The fourth-order valence-corrected chi connectivity index (χ4v) is 3.81. The van der Waals surface area contributed by atoms with Crippen LogP contribution in [0.25, 0.3) is 11.3 Å². The van der Waals surface area contributed by atoms with Crippen molar-refractivity contribution in [2.24, 2.45) is 0 Å². The number of hydrogen-bond acceptors (Lipinski definition) is 5. The van der Waals surface area contributed by atoms with Gasteiger partial charge in [-0.2, -0.15) is 0 Å². The highest BCUT2D eigenvalue weighted by molar-refractivity contribution is 5.93. The van der Waals surface area contributed by atoms with Crippen molar-refractivity contribution in [1.29, 1.82) is 0 Å². The highest BCUT2D eigenvalue weighted by Gasteiger charge is 2.25. The van der Waals surface area contributed by atoms with Crippen LogP contribution in [0.3, 0.4) is 0 Å². The molecule has 6 nitrogen and oxygen atoms in total. The lowest BCUT2D eigenvalue weighted by Crippen LogP contribution is -2.39. The molecule has 4 rings (SSSR count). The van der Waals surface area contributed by atoms with Crippen molar-refractivity contribution >= 4 is 5.91 Å². The molecule has 1 aliphatic rings. The van der Waals surface area contributed by atoms with Gasteiger partial charge in [-0.3, -0.25) is 9.69 Å². The molecule has 1 aliphatic heterocycles. The average molecular weight is 391 g/mol. The van der Waals surface area contributed by atoms with Crippen LogP contribution in [0.5, 0.6) is 5.75 Å². The summed E-state index contributed by atoms with van der Waals surface area (Å²) in [6, 6.07) is 19.9. The molecular formula is C23H25N3O3. The number of benzene rings is 2. The van der Waals surface area contributed by atoms with Gasteiger partial charge in [-0.05, 0) is 37.1 Å². The Bertz CT molecular complexity index is 955. The first-order valence-corrected chi connectivity index (χ1v) is 9.91. The molecule has 2 heterocycles. The minimum absolute atomic E-state index is 0.221. The second-order valence-electron chi connectivity index (χ2n) is 7.24. The zero-order valence-electron chi connectivity index (χ0n) is 16.5. The first-order chi connectivity index (χ1) is 14.2. The predicted octanol–water partition coefficient (Wildman–Crippen LogP) is 3.74. The van der Waals surface area contributed by atoms with Crippen LogP contribution in [0.4, 0.5) is 0 Å². The Balaban J connectivity index is 1.37. The molecule has 3 aromatic rings. The third-order valence-electron chi connectivity index (χ3n) is 5.34. The van der Waals surface area contributed by atoms with Gasteiger partial charge in [0.25, 0.3) is 5.91 Å². The highest BCUT2D eigenvalue weighted by Crippen LogP contribution is 2.30. The third-order valence-corrected chi connectivity index (χ3v) is 5.34. The minimum atomic E-state index is -0.221. The number of para-hydroxylation sites is 1. The number of rotatable bonds is 7. The fraction of sp³-hybridized carbons (Fsp3) is 0.304. The summed E-state index contributed by atoms with van der Waals surface area (Å²) in [5.41, 5.74) is 2.34. The summed E-state index contributed by atoms with van der Waals surface area (Å²) in [5.74, 6) is 0.971. The Hall–Kier alpha value is -3.12. The van der Waals surface area contributed by atoms with Crippen molar-refractivity contribution in [1.82, 2.24) is 15.4 Å². The maximum absolute atomic E-state index is 12.6. The summed E-state index contributed by atoms with van der Waals surface area (Å²) >= 11 is 0. The third kappa shape index (κ3) is 4.49. The largest absolute Gasteiger partial charge is 0.496 e. The van der Waals surface area contributed by atoms with Gasteiger partial charge in [0.1, 0.15) is 5.75 Å². The topological polar surface area (TPSA) is 67.6 Å². The zero-order valence-corrected chi connectivity index (χ0v) is 16.5. The number of carbonyl (C=O) groups excluding carboxylic acids is 1. The monoisotopic (exact) mass is 391 g/mol. The van der Waals surface area contributed by atoms with E-state index in [4.69, 9.17) is 9.26 Å². The SMILES string of the molecule is COc1ccccc1-c1cc(C(=O)NCC2CCCN2Cc2ccccc2)no1. The first kappa shape index (κ1) is 19.2. The molecule has 1 fully saturated rings. The highest BCUT2D eigenvalue weighted by atomic mass is 16.5. The van der Waals surface area contributed by atoms with Gasteiger partial charge in [-0.25, -0.2) is 0 Å². The van der Waals surface area contributed by atoms with E-state index in [2.05, 4.69) is 39.6 Å². The van der Waals surface area contributed by atoms with Crippen molar-refractivity contribution < 1.29 is 14.1 Å². The van der Waals surface area contributed by atoms with Crippen molar-refractivity contribution in [2.75, 3.05) is 20.2 Å². The van der Waals surface area contributed by atoms with Gasteiger partial charge >= 0.3 is 0 Å². The summed E-state index contributed by atoms with van der Waals surface area (Å²) < 4.78 is 10.7. The Kier molecular flexibility index (Phi) is 5.91. The number of methoxy groups -OCH3 is 1. The predicted molar refractivity (Wildman–Crippen MR) is 111 cm³/mol. The smallest absolute Gasteiger partial charge is 0.273 e. The molecule has 0 bridgehead atoms. The minimum Gasteiger partial charge on any atom is -0.496 e. The van der Waals surface area contributed by atoms with Crippen molar-refractivity contribution in [3.05, 3.63) is 71.9 Å². The molecule has 1 amide bonds. The van der Waals surface area contributed by atoms with Crippen molar-refractivity contribution in [2.45, 2.75) is 25.4 Å². The molecule has 0 spiro atoms. The van der Waals surface area contributed by atoms with Crippen LogP contribution in [0.2, 0.25) is 0 Å². The molecule has 1 unspecified atom stereocenters. The van der Waals surface area contributed by atoms with Gasteiger partial charge in [0.05, 0.1) is 12.7 Å². The number of amides is 1. The Labute approximate surface area is 170 Å². The van der Waals surface area contributed by atoms with Gasteiger partial charge in [0, 0.05) is 25.2 Å². The Morgan fingerprint density at radius 2 is 2.00 bits per heavy atom. The lowest BCUT2D eigenvalue weighted by molar-refractivity contribution is 0.0931. The summed E-state index contributed by atoms with van der Waals surface area (Å²) in [6.45, 7) is 2.56. The van der Waals surface area contributed by atoms with E-state index in [0.717, 1.165) is 31.5 Å². The second kappa shape index (κ2) is 8.92. The molecule has 1 saturated heterocycles. The van der Waals surface area contributed by atoms with Crippen LogP contribution in [0.1, 0.15) is 28.9 Å². The van der Waals surface area contributed by atoms with E-state index in [1.54, 1.807) is 13.2 Å². The molecule has 29 heavy (non-hydrogen) atoms. The molecule has 6 heteroatoms. The Morgan fingerprint density at radius 1 is 1.21 bits per heavy atom. The van der Waals surface area contributed by atoms with Crippen molar-refractivity contribution in [3.8, 4) is 17.1 Å². The maximum Gasteiger partial charge on any atom is 0.273 e. The number of nitrogens with one attached hydrogen (secondary N) is 1. The van der Waals surface area contributed by atoms with E-state index in [0.29, 0.717) is 24.1 Å². The number of likely N-dealkylation sites (tertiary alicyclic amines) is 1. The molecule has 0 radical (unpaired) electrons. The number of nitrogens with zero attached hydrogens (tertiary/aromatic N) is 2. The van der Waals surface area contributed by atoms with Crippen LogP contribution < -0.4 is 10.1 Å². The van der Waals surface area contributed by atoms with Crippen LogP contribution >= 0.6 is 0 Å². The molecule has 1 N–H and O–H groups in total. The number of ether oxygens (including phenoxy) is 1. The second-order valence-corrected chi connectivity index (χ2v) is 7.24. The average Bonchev–Trinajstić information content (AvgIpc) is 3.42. The van der Waals surface area contributed by atoms with E-state index in [-0.39, 0.29) is 11.6 Å². The van der Waals surface area contributed by atoms with Gasteiger partial charge in [0.15, 0.2) is 11.5 Å². The molecule has 1 aromatic heterocycles. The van der Waals surface area contributed by atoms with E-state index < -0.39 is 0 Å². The molecule has 0 aliphatic carbocycles. The summed E-state index contributed by atoms with van der Waals surface area (Å²) in [6.07, 6.45) is 2.23. The van der Waals surface area contributed by atoms with Gasteiger partial charge < -0.3 is 14.6 Å². The zero-order chi connectivity index (χ0) is 20.1. The lowest BCUT2D eigenvalue weighted by atomic mass is 10.1. The van der Waals surface area contributed by atoms with Crippen molar-refractivity contribution in [3.63, 3.8) is 0 Å². The first-order valence-electron chi connectivity index (χ1n) is 9.91. The van der Waals surface area contributed by atoms with Crippen LogP contribution in [0, 0.1) is 0 Å². The lowest BCUT2D eigenvalue weighted by Gasteiger charge is -2.24. The fourth-order valence-electron chi connectivity index (χ4n) is 3.81. The Morgan fingerprint density at radius 3 is 2.83 bits per heavy atom. The molecule has 0 saturated carbocycles. The van der Waals surface area contributed by atoms with Crippen LogP contribution in [0.15, 0.2) is 65.2 Å². The van der Waals surface area contributed by atoms with E-state index in [1.165, 1.54) is 5.56 Å². The van der Waals surface area contributed by atoms with Crippen LogP contribution in [-0.2, 0) is 6.54 Å². The molecular weight excluding hydrogens is 366 g/mol. The van der Waals surface area contributed by atoms with E-state index in [9.17, 15) is 4.79 Å². The number of aromatic nitrogens is 1. The van der Waals surface area contributed by atoms with Gasteiger partial charge in [0.2, 0.25) is 0 Å². The molecule has 1 atom stereocenters. The standard InChI is InChI=1S/C23H25N3O3/c1-28-21-12-6-5-11-19(21)22-14-20(25-29-22)23(27)24-15-18-10-7-13-26(18)16-17-8-3-2-4-9-17/h2-6,8-9,11-12,14,18H,7,10,13,15-16H2,1H3,(H,24,27). The van der Waals surface area contributed by atoms with E-state index in [1.807, 2.05) is 30.3 Å². The molecule has 150 valence electrons.